The molecule has 0 fully saturated rings. The summed E-state index contributed by atoms with van der Waals surface area (Å²) in [5, 5.41) is 2.66. The molecule has 0 aliphatic rings. The SMILES string of the molecule is COc1ccc(C(=O)NCCC(C)=O)cc1OC. The number of carbonyl (C=O) groups is 2. The van der Waals surface area contributed by atoms with Gasteiger partial charge in [-0.2, -0.15) is 0 Å². The minimum Gasteiger partial charge on any atom is -0.493 e. The van der Waals surface area contributed by atoms with Crippen LogP contribution in [0.3, 0.4) is 0 Å². The van der Waals surface area contributed by atoms with Gasteiger partial charge in [-0.1, -0.05) is 0 Å². The molecule has 1 aromatic carbocycles. The quantitative estimate of drug-likeness (QED) is 0.830. The van der Waals surface area contributed by atoms with Crippen molar-refractivity contribution in [2.45, 2.75) is 13.3 Å². The van der Waals surface area contributed by atoms with Crippen molar-refractivity contribution in [3.63, 3.8) is 0 Å². The van der Waals surface area contributed by atoms with E-state index in [0.717, 1.165) is 0 Å². The Morgan fingerprint density at radius 3 is 2.39 bits per heavy atom. The van der Waals surface area contributed by atoms with E-state index in [0.29, 0.717) is 30.0 Å². The van der Waals surface area contributed by atoms with Crippen molar-refractivity contribution in [3.05, 3.63) is 23.8 Å². The maximum atomic E-state index is 11.8. The van der Waals surface area contributed by atoms with Crippen LogP contribution in [0.1, 0.15) is 23.7 Å². The summed E-state index contributed by atoms with van der Waals surface area (Å²) in [5.74, 6) is 0.870. The van der Waals surface area contributed by atoms with E-state index in [-0.39, 0.29) is 11.7 Å². The summed E-state index contributed by atoms with van der Waals surface area (Å²) in [5.41, 5.74) is 0.469. The molecule has 0 heterocycles. The highest BCUT2D eigenvalue weighted by Gasteiger charge is 2.10. The van der Waals surface area contributed by atoms with Crippen LogP contribution in [0, 0.1) is 0 Å². The van der Waals surface area contributed by atoms with Gasteiger partial charge in [-0.25, -0.2) is 0 Å². The molecule has 0 spiro atoms. The Balaban J connectivity index is 2.71. The van der Waals surface area contributed by atoms with Crippen LogP contribution in [0.25, 0.3) is 0 Å². The van der Waals surface area contributed by atoms with Crippen LogP contribution >= 0.6 is 0 Å². The zero-order valence-electron chi connectivity index (χ0n) is 10.8. The highest BCUT2D eigenvalue weighted by atomic mass is 16.5. The van der Waals surface area contributed by atoms with E-state index >= 15 is 0 Å². The Morgan fingerprint density at radius 1 is 1.17 bits per heavy atom. The second-order valence-electron chi connectivity index (χ2n) is 3.78. The highest BCUT2D eigenvalue weighted by Crippen LogP contribution is 2.27. The molecule has 18 heavy (non-hydrogen) atoms. The van der Waals surface area contributed by atoms with Crippen molar-refractivity contribution in [3.8, 4) is 11.5 Å². The molecule has 1 amide bonds. The van der Waals surface area contributed by atoms with Crippen molar-refractivity contribution in [2.75, 3.05) is 20.8 Å². The molecule has 1 N–H and O–H groups in total. The predicted octanol–water partition coefficient (Wildman–Crippen LogP) is 1.41. The van der Waals surface area contributed by atoms with Gasteiger partial charge in [0.25, 0.3) is 5.91 Å². The van der Waals surface area contributed by atoms with Crippen molar-refractivity contribution in [1.29, 1.82) is 0 Å². The second-order valence-corrected chi connectivity index (χ2v) is 3.78. The molecule has 0 saturated heterocycles. The normalized spacial score (nSPS) is 9.72. The lowest BCUT2D eigenvalue weighted by atomic mass is 10.2. The van der Waals surface area contributed by atoms with E-state index in [1.165, 1.54) is 21.1 Å². The summed E-state index contributed by atoms with van der Waals surface area (Å²) < 4.78 is 10.2. The fourth-order valence-electron chi connectivity index (χ4n) is 1.43. The monoisotopic (exact) mass is 251 g/mol. The van der Waals surface area contributed by atoms with E-state index in [2.05, 4.69) is 5.32 Å². The molecule has 0 bridgehead atoms. The summed E-state index contributed by atoms with van der Waals surface area (Å²) in [7, 11) is 3.04. The zero-order valence-corrected chi connectivity index (χ0v) is 10.8. The lowest BCUT2D eigenvalue weighted by Gasteiger charge is -2.09. The Labute approximate surface area is 106 Å². The molecule has 0 saturated carbocycles. The van der Waals surface area contributed by atoms with Gasteiger partial charge in [0, 0.05) is 18.5 Å². The lowest BCUT2D eigenvalue weighted by Crippen LogP contribution is -2.25. The molecule has 0 aliphatic carbocycles. The van der Waals surface area contributed by atoms with Gasteiger partial charge in [-0.3, -0.25) is 9.59 Å². The fraction of sp³-hybridized carbons (Fsp3) is 0.385. The van der Waals surface area contributed by atoms with Crippen molar-refractivity contribution < 1.29 is 19.1 Å². The number of nitrogens with one attached hydrogen (secondary N) is 1. The van der Waals surface area contributed by atoms with Gasteiger partial charge in [-0.05, 0) is 25.1 Å². The summed E-state index contributed by atoms with van der Waals surface area (Å²) in [6.07, 6.45) is 0.332. The van der Waals surface area contributed by atoms with Crippen LogP contribution in [-0.4, -0.2) is 32.5 Å². The Kier molecular flexibility index (Phi) is 5.17. The number of hydrogen-bond acceptors (Lipinski definition) is 4. The third-order valence-electron chi connectivity index (χ3n) is 2.41. The smallest absolute Gasteiger partial charge is 0.251 e. The van der Waals surface area contributed by atoms with Crippen LogP contribution in [0.4, 0.5) is 0 Å². The van der Waals surface area contributed by atoms with Gasteiger partial charge >= 0.3 is 0 Å². The van der Waals surface area contributed by atoms with Gasteiger partial charge in [0.15, 0.2) is 11.5 Å². The average molecular weight is 251 g/mol. The Bertz CT molecular complexity index is 443. The Hall–Kier alpha value is -2.04. The standard InChI is InChI=1S/C13H17NO4/c1-9(15)6-7-14-13(16)10-4-5-11(17-2)12(8-10)18-3/h4-5,8H,6-7H2,1-3H3,(H,14,16). The van der Waals surface area contributed by atoms with Gasteiger partial charge in [0.05, 0.1) is 14.2 Å². The fourth-order valence-corrected chi connectivity index (χ4v) is 1.43. The predicted molar refractivity (Wildman–Crippen MR) is 67.2 cm³/mol. The van der Waals surface area contributed by atoms with Crippen molar-refractivity contribution >= 4 is 11.7 Å². The number of benzene rings is 1. The molecule has 1 rings (SSSR count). The first-order valence-corrected chi connectivity index (χ1v) is 5.58. The molecule has 1 aromatic rings. The molecule has 0 unspecified atom stereocenters. The highest BCUT2D eigenvalue weighted by molar-refractivity contribution is 5.95. The molecular formula is C13H17NO4. The van der Waals surface area contributed by atoms with Gasteiger partial charge in [0.1, 0.15) is 5.78 Å². The van der Waals surface area contributed by atoms with Crippen LogP contribution in [-0.2, 0) is 4.79 Å². The molecule has 5 nitrogen and oxygen atoms in total. The molecule has 5 heteroatoms. The molecular weight excluding hydrogens is 234 g/mol. The zero-order chi connectivity index (χ0) is 13.5. The van der Waals surface area contributed by atoms with E-state index in [1.807, 2.05) is 0 Å². The van der Waals surface area contributed by atoms with E-state index in [4.69, 9.17) is 9.47 Å². The molecule has 0 aliphatic heterocycles. The molecule has 98 valence electrons. The first-order chi connectivity index (χ1) is 8.58. The minimum atomic E-state index is -0.239. The number of carbonyl (C=O) groups excluding carboxylic acids is 2. The number of Topliss-reactive ketones (excluding diaryl/α,β-unsaturated/α-hetero) is 1. The van der Waals surface area contributed by atoms with Gasteiger partial charge in [-0.15, -0.1) is 0 Å². The number of amides is 1. The number of hydrogen-bond donors (Lipinski definition) is 1. The number of ketones is 1. The van der Waals surface area contributed by atoms with Crippen molar-refractivity contribution in [2.24, 2.45) is 0 Å². The summed E-state index contributed by atoms with van der Waals surface area (Å²) in [4.78, 5) is 22.5. The molecule has 0 aromatic heterocycles. The van der Waals surface area contributed by atoms with Crippen LogP contribution in [0.15, 0.2) is 18.2 Å². The number of methoxy groups -OCH3 is 2. The maximum Gasteiger partial charge on any atom is 0.251 e. The van der Waals surface area contributed by atoms with E-state index in [9.17, 15) is 9.59 Å². The van der Waals surface area contributed by atoms with Crippen LogP contribution < -0.4 is 14.8 Å². The lowest BCUT2D eigenvalue weighted by molar-refractivity contribution is -0.116. The van der Waals surface area contributed by atoms with Crippen LogP contribution in [0.2, 0.25) is 0 Å². The van der Waals surface area contributed by atoms with Crippen LogP contribution in [0.5, 0.6) is 11.5 Å². The average Bonchev–Trinajstić information content (AvgIpc) is 2.37. The third kappa shape index (κ3) is 3.76. The number of ether oxygens (including phenoxy) is 2. The third-order valence-corrected chi connectivity index (χ3v) is 2.41. The topological polar surface area (TPSA) is 64.6 Å². The van der Waals surface area contributed by atoms with Gasteiger partial charge in [0.2, 0.25) is 0 Å². The molecule has 0 atom stereocenters. The van der Waals surface area contributed by atoms with Crippen molar-refractivity contribution in [1.82, 2.24) is 5.32 Å². The van der Waals surface area contributed by atoms with E-state index < -0.39 is 0 Å². The molecule has 0 radical (unpaired) electrons. The summed E-state index contributed by atoms with van der Waals surface area (Å²) in [6.45, 7) is 1.82. The summed E-state index contributed by atoms with van der Waals surface area (Å²) >= 11 is 0. The minimum absolute atomic E-state index is 0.0441. The Morgan fingerprint density at radius 2 is 1.83 bits per heavy atom. The van der Waals surface area contributed by atoms with Gasteiger partial charge < -0.3 is 14.8 Å². The first-order valence-electron chi connectivity index (χ1n) is 5.58. The summed E-state index contributed by atoms with van der Waals surface area (Å²) in [6, 6.07) is 4.91. The second kappa shape index (κ2) is 6.64. The maximum absolute atomic E-state index is 11.8. The van der Waals surface area contributed by atoms with E-state index in [1.54, 1.807) is 18.2 Å². The largest absolute Gasteiger partial charge is 0.493 e. The number of rotatable bonds is 6. The first kappa shape index (κ1) is 14.0.